The van der Waals surface area contributed by atoms with E-state index in [1.165, 1.54) is 173 Å². The second-order valence-electron chi connectivity index (χ2n) is 19.6. The molecule has 0 spiro atoms. The Morgan fingerprint density at radius 3 is 1.27 bits per heavy atom. The van der Waals surface area contributed by atoms with Crippen LogP contribution < -0.4 is 5.32 Å². The van der Waals surface area contributed by atoms with Gasteiger partial charge < -0.3 is 20.3 Å². The summed E-state index contributed by atoms with van der Waals surface area (Å²) in [5.41, 5.74) is 0. The zero-order valence-electron chi connectivity index (χ0n) is 43.9. The first-order valence-corrected chi connectivity index (χ1v) is 28.9. The van der Waals surface area contributed by atoms with E-state index in [0.29, 0.717) is 25.9 Å². The Morgan fingerprint density at radius 2 is 0.803 bits per heavy atom. The van der Waals surface area contributed by atoms with Crippen LogP contribution in [0.4, 0.5) is 0 Å². The first-order valence-electron chi connectivity index (χ1n) is 28.9. The number of unbranched alkanes of at least 4 members (excludes halogenated alkanes) is 35. The highest BCUT2D eigenvalue weighted by molar-refractivity contribution is 5.76. The van der Waals surface area contributed by atoms with Gasteiger partial charge in [0.15, 0.2) is 0 Å². The number of carbonyl (C=O) groups is 2. The fourth-order valence-corrected chi connectivity index (χ4v) is 8.66. The number of hydrogen-bond acceptors (Lipinski definition) is 5. The standard InChI is InChI=1S/C60H111NO5/c1-3-5-7-9-11-13-15-17-19-20-21-22-25-28-32-36-40-44-48-52-58(63)57(56-62)61-59(64)53-49-45-41-37-33-29-26-23-27-31-35-39-43-47-51-55-66-60(65)54-50-46-42-38-34-30-24-18-16-14-12-10-8-6-4-2/h12,14,18,23-24,27,31,35,57-58,62-63H,3-11,13,15-17,19-22,25-26,28-30,32-34,36-56H2,1-2H3,(H,61,64)/b14-12-,24-18-,27-23-,35-31-. The lowest BCUT2D eigenvalue weighted by Gasteiger charge is -2.22. The van der Waals surface area contributed by atoms with Gasteiger partial charge in [-0.05, 0) is 89.9 Å². The first-order chi connectivity index (χ1) is 32.5. The van der Waals surface area contributed by atoms with E-state index in [-0.39, 0.29) is 18.5 Å². The molecule has 2 atom stereocenters. The molecule has 0 saturated carbocycles. The van der Waals surface area contributed by atoms with E-state index in [0.717, 1.165) is 89.9 Å². The molecule has 0 saturated heterocycles. The molecule has 0 aliphatic rings. The van der Waals surface area contributed by atoms with E-state index in [4.69, 9.17) is 4.74 Å². The van der Waals surface area contributed by atoms with Gasteiger partial charge in [-0.3, -0.25) is 9.59 Å². The molecule has 0 bridgehead atoms. The molecule has 0 aromatic carbocycles. The molecular weight excluding hydrogens is 815 g/mol. The molecule has 1 amide bonds. The van der Waals surface area contributed by atoms with Gasteiger partial charge in [0.05, 0.1) is 25.4 Å². The van der Waals surface area contributed by atoms with Crippen LogP contribution in [0.25, 0.3) is 0 Å². The number of aliphatic hydroxyl groups excluding tert-OH is 2. The van der Waals surface area contributed by atoms with E-state index in [9.17, 15) is 19.8 Å². The molecule has 6 nitrogen and oxygen atoms in total. The summed E-state index contributed by atoms with van der Waals surface area (Å²) in [5.74, 6) is -0.0928. The van der Waals surface area contributed by atoms with Crippen molar-refractivity contribution in [2.75, 3.05) is 13.2 Å². The number of hydrogen-bond donors (Lipinski definition) is 3. The predicted octanol–water partition coefficient (Wildman–Crippen LogP) is 17.8. The van der Waals surface area contributed by atoms with Crippen LogP contribution in [-0.4, -0.2) is 47.4 Å². The Bertz CT molecular complexity index is 1110. The lowest BCUT2D eigenvalue weighted by atomic mass is 10.0. The molecular formula is C60H111NO5. The number of amides is 1. The summed E-state index contributed by atoms with van der Waals surface area (Å²) in [5, 5.41) is 23.3. The van der Waals surface area contributed by atoms with Gasteiger partial charge in [-0.2, -0.15) is 0 Å². The maximum atomic E-state index is 12.5. The van der Waals surface area contributed by atoms with Crippen molar-refractivity contribution >= 4 is 11.9 Å². The average molecular weight is 927 g/mol. The number of nitrogens with one attached hydrogen (secondary N) is 1. The summed E-state index contributed by atoms with van der Waals surface area (Å²) in [6.07, 6.45) is 69.5. The van der Waals surface area contributed by atoms with Gasteiger partial charge in [0, 0.05) is 12.8 Å². The third kappa shape index (κ3) is 51.2. The maximum absolute atomic E-state index is 12.5. The van der Waals surface area contributed by atoms with E-state index < -0.39 is 12.1 Å². The smallest absolute Gasteiger partial charge is 0.305 e. The Labute approximate surface area is 410 Å². The van der Waals surface area contributed by atoms with E-state index in [2.05, 4.69) is 67.8 Å². The van der Waals surface area contributed by atoms with Crippen LogP contribution in [-0.2, 0) is 14.3 Å². The van der Waals surface area contributed by atoms with Crippen molar-refractivity contribution in [1.82, 2.24) is 5.32 Å². The largest absolute Gasteiger partial charge is 0.466 e. The van der Waals surface area contributed by atoms with Crippen LogP contribution in [0, 0.1) is 0 Å². The van der Waals surface area contributed by atoms with Gasteiger partial charge >= 0.3 is 5.97 Å². The first kappa shape index (κ1) is 63.8. The van der Waals surface area contributed by atoms with Crippen molar-refractivity contribution in [3.05, 3.63) is 48.6 Å². The summed E-state index contributed by atoms with van der Waals surface area (Å²) >= 11 is 0. The Hall–Kier alpha value is -2.18. The monoisotopic (exact) mass is 926 g/mol. The second-order valence-corrected chi connectivity index (χ2v) is 19.6. The van der Waals surface area contributed by atoms with Crippen molar-refractivity contribution in [1.29, 1.82) is 0 Å². The van der Waals surface area contributed by atoms with Gasteiger partial charge in [0.1, 0.15) is 0 Å². The molecule has 0 radical (unpaired) electrons. The van der Waals surface area contributed by atoms with Crippen LogP contribution in [0.5, 0.6) is 0 Å². The van der Waals surface area contributed by atoms with Gasteiger partial charge in [-0.1, -0.05) is 242 Å². The molecule has 0 aliphatic carbocycles. The van der Waals surface area contributed by atoms with Crippen LogP contribution in [0.15, 0.2) is 48.6 Å². The summed E-state index contributed by atoms with van der Waals surface area (Å²) in [6.45, 7) is 4.87. The lowest BCUT2D eigenvalue weighted by Crippen LogP contribution is -2.45. The number of rotatable bonds is 53. The Morgan fingerprint density at radius 1 is 0.439 bits per heavy atom. The molecule has 6 heteroatoms. The van der Waals surface area contributed by atoms with Crippen LogP contribution in [0.2, 0.25) is 0 Å². The lowest BCUT2D eigenvalue weighted by molar-refractivity contribution is -0.143. The molecule has 2 unspecified atom stereocenters. The fourth-order valence-electron chi connectivity index (χ4n) is 8.66. The zero-order chi connectivity index (χ0) is 47.9. The quantitative estimate of drug-likeness (QED) is 0.0244. The van der Waals surface area contributed by atoms with E-state index >= 15 is 0 Å². The van der Waals surface area contributed by atoms with Crippen LogP contribution in [0.3, 0.4) is 0 Å². The highest BCUT2D eigenvalue weighted by atomic mass is 16.5. The minimum atomic E-state index is -0.681. The number of ether oxygens (including phenoxy) is 1. The minimum Gasteiger partial charge on any atom is -0.466 e. The molecule has 66 heavy (non-hydrogen) atoms. The molecule has 0 aromatic rings. The third-order valence-electron chi connectivity index (χ3n) is 13.1. The normalized spacial score (nSPS) is 13.0. The molecule has 386 valence electrons. The molecule has 0 aromatic heterocycles. The van der Waals surface area contributed by atoms with Crippen molar-refractivity contribution in [2.24, 2.45) is 0 Å². The van der Waals surface area contributed by atoms with Gasteiger partial charge in [-0.15, -0.1) is 0 Å². The van der Waals surface area contributed by atoms with E-state index in [1.54, 1.807) is 0 Å². The number of esters is 1. The highest BCUT2D eigenvalue weighted by Gasteiger charge is 2.20. The van der Waals surface area contributed by atoms with E-state index in [1.807, 2.05) is 0 Å². The average Bonchev–Trinajstić information content (AvgIpc) is 3.32. The van der Waals surface area contributed by atoms with Gasteiger partial charge in [0.2, 0.25) is 5.91 Å². The fraction of sp³-hybridized carbons (Fsp3) is 0.833. The zero-order valence-corrected chi connectivity index (χ0v) is 43.9. The molecule has 0 heterocycles. The summed E-state index contributed by atoms with van der Waals surface area (Å²) in [7, 11) is 0. The summed E-state index contributed by atoms with van der Waals surface area (Å²) < 4.78 is 5.44. The minimum absolute atomic E-state index is 0.0358. The van der Waals surface area contributed by atoms with Crippen molar-refractivity contribution in [3.8, 4) is 0 Å². The Kier molecular flexibility index (Phi) is 53.6. The predicted molar refractivity (Wildman–Crippen MR) is 287 cm³/mol. The summed E-state index contributed by atoms with van der Waals surface area (Å²) in [6, 6.07) is -0.560. The van der Waals surface area contributed by atoms with Crippen molar-refractivity contribution in [3.63, 3.8) is 0 Å². The molecule has 3 N–H and O–H groups in total. The number of aliphatic hydroxyl groups is 2. The number of carbonyl (C=O) groups excluding carboxylic acids is 2. The molecule has 0 fully saturated rings. The van der Waals surface area contributed by atoms with Crippen molar-refractivity contribution < 1.29 is 24.5 Å². The van der Waals surface area contributed by atoms with Gasteiger partial charge in [0.25, 0.3) is 0 Å². The van der Waals surface area contributed by atoms with Crippen molar-refractivity contribution in [2.45, 2.75) is 309 Å². The summed E-state index contributed by atoms with van der Waals surface area (Å²) in [4.78, 5) is 24.5. The Balaban J connectivity index is 3.53. The third-order valence-corrected chi connectivity index (χ3v) is 13.1. The topological polar surface area (TPSA) is 95.9 Å². The van der Waals surface area contributed by atoms with Gasteiger partial charge in [-0.25, -0.2) is 0 Å². The number of allylic oxidation sites excluding steroid dienone is 8. The molecule has 0 rings (SSSR count). The highest BCUT2D eigenvalue weighted by Crippen LogP contribution is 2.17. The van der Waals surface area contributed by atoms with Crippen LogP contribution in [0.1, 0.15) is 296 Å². The maximum Gasteiger partial charge on any atom is 0.305 e. The van der Waals surface area contributed by atoms with Crippen LogP contribution >= 0.6 is 0 Å². The SMILES string of the molecule is CCCCC/C=C\C/C=C\CCCCCCCC(=O)OCCCCC/C=C\C=C/CCCCCCCCC(=O)NC(CO)C(O)CCCCCCCCCCCCCCCCCCCCC. The molecule has 0 aliphatic heterocycles. The second kappa shape index (κ2) is 55.4.